The minimum absolute atomic E-state index is 0.110. The smallest absolute Gasteiger partial charge is 0.270 e. The van der Waals surface area contributed by atoms with E-state index < -0.39 is 21.6 Å². The van der Waals surface area contributed by atoms with Gasteiger partial charge in [-0.2, -0.15) is 13.5 Å². The summed E-state index contributed by atoms with van der Waals surface area (Å²) in [5.41, 5.74) is 0. The second-order valence-corrected chi connectivity index (χ2v) is 3.31. The van der Waals surface area contributed by atoms with E-state index in [9.17, 15) is 18.0 Å². The average molecular weight is 222 g/mol. The Labute approximate surface area is 77.8 Å². The molecule has 8 nitrogen and oxygen atoms in total. The number of hydrogen-bond donors (Lipinski definition) is 0. The van der Waals surface area contributed by atoms with Crippen molar-refractivity contribution in [3.05, 3.63) is 0 Å². The second-order valence-electron chi connectivity index (χ2n) is 1.74. The van der Waals surface area contributed by atoms with Gasteiger partial charge in [0.05, 0.1) is 11.9 Å². The van der Waals surface area contributed by atoms with Crippen molar-refractivity contribution in [2.45, 2.75) is 0 Å². The summed E-state index contributed by atoms with van der Waals surface area (Å²) in [6.45, 7) is -0.202. The molecule has 0 atom stereocenters. The number of amides is 2. The fourth-order valence-corrected chi connectivity index (χ4v) is 1.23. The molecule has 0 spiro atoms. The van der Waals surface area contributed by atoms with Gasteiger partial charge >= 0.3 is 15.7 Å². The van der Waals surface area contributed by atoms with E-state index in [-0.39, 0.29) is 18.5 Å². The van der Waals surface area contributed by atoms with Crippen molar-refractivity contribution in [2.75, 3.05) is 6.54 Å². The molecule has 0 saturated carbocycles. The molecule has 10 heteroatoms. The highest BCUT2D eigenvalue weighted by Crippen LogP contribution is 2.13. The topological polar surface area (TPSA) is 109 Å². The van der Waals surface area contributed by atoms with E-state index in [0.29, 0.717) is 5.01 Å². The summed E-state index contributed by atoms with van der Waals surface area (Å²) < 4.78 is 22.6. The van der Waals surface area contributed by atoms with Crippen molar-refractivity contribution >= 4 is 33.6 Å². The third kappa shape index (κ3) is 2.59. The van der Waals surface area contributed by atoms with E-state index in [0.717, 1.165) is 0 Å². The number of nitrogens with zero attached hydrogens (tertiary/aromatic N) is 4. The molecule has 2 amide bonds. The van der Waals surface area contributed by atoms with E-state index >= 15 is 0 Å². The number of rotatable bonds is 1. The van der Waals surface area contributed by atoms with Crippen LogP contribution < -0.4 is 0 Å². The molecule has 1 heterocycles. The van der Waals surface area contributed by atoms with E-state index in [4.69, 9.17) is 0 Å². The quantitative estimate of drug-likeness (QED) is 0.581. The van der Waals surface area contributed by atoms with Crippen molar-refractivity contribution < 1.29 is 18.0 Å². The van der Waals surface area contributed by atoms with Crippen LogP contribution in [0.2, 0.25) is 0 Å². The summed E-state index contributed by atoms with van der Waals surface area (Å²) >= 11 is 0.110. The molecule has 1 aliphatic rings. The van der Waals surface area contributed by atoms with Crippen LogP contribution in [0.4, 0.5) is 4.79 Å². The fraction of sp³-hybridized carbons (Fsp3) is 0.333. The first-order valence-corrected chi connectivity index (χ1v) is 4.63. The second kappa shape index (κ2) is 4.09. The molecule has 0 saturated heterocycles. The van der Waals surface area contributed by atoms with Crippen LogP contribution in [0.3, 0.4) is 0 Å². The number of carbonyl (C=O) groups excluding carboxylic acids is 2. The molecule has 0 aromatic rings. The third-order valence-electron chi connectivity index (χ3n) is 0.944. The molecule has 0 N–H and O–H groups in total. The molecule has 0 aromatic heterocycles. The van der Waals surface area contributed by atoms with Gasteiger partial charge in [-0.05, 0) is 0 Å². The standard InChI is InChI=1S/C3H2N4O4S2/c8-2-1-4-5-7(2)3(9)12-6-13(10)11/h1H2. The fourth-order valence-electron chi connectivity index (χ4n) is 0.512. The highest BCUT2D eigenvalue weighted by Gasteiger charge is 2.26. The first-order valence-electron chi connectivity index (χ1n) is 2.83. The zero-order valence-corrected chi connectivity index (χ0v) is 7.58. The van der Waals surface area contributed by atoms with Crippen LogP contribution in [-0.4, -0.2) is 31.1 Å². The molecule has 0 bridgehead atoms. The Kier molecular flexibility index (Phi) is 3.08. The predicted octanol–water partition coefficient (Wildman–Crippen LogP) is 0.0267. The Balaban J connectivity index is 2.63. The van der Waals surface area contributed by atoms with Gasteiger partial charge in [0.1, 0.15) is 6.54 Å². The summed E-state index contributed by atoms with van der Waals surface area (Å²) in [5.74, 6) is -0.607. The Morgan fingerprint density at radius 3 is 2.77 bits per heavy atom. The van der Waals surface area contributed by atoms with Crippen molar-refractivity contribution in [2.24, 2.45) is 14.1 Å². The van der Waals surface area contributed by atoms with E-state index in [1.54, 1.807) is 0 Å². The zero-order valence-electron chi connectivity index (χ0n) is 5.95. The minimum Gasteiger partial charge on any atom is -0.270 e. The number of carbonyl (C=O) groups is 2. The molecule has 1 aliphatic heterocycles. The first-order chi connectivity index (χ1) is 6.11. The van der Waals surface area contributed by atoms with Crippen LogP contribution in [0.15, 0.2) is 14.1 Å². The van der Waals surface area contributed by atoms with E-state index in [1.807, 2.05) is 0 Å². The third-order valence-corrected chi connectivity index (χ3v) is 2.06. The van der Waals surface area contributed by atoms with Crippen molar-refractivity contribution in [3.63, 3.8) is 0 Å². The average Bonchev–Trinajstić information content (AvgIpc) is 2.47. The van der Waals surface area contributed by atoms with Gasteiger partial charge in [0.2, 0.25) is 0 Å². The first kappa shape index (κ1) is 9.80. The van der Waals surface area contributed by atoms with Crippen molar-refractivity contribution in [3.8, 4) is 0 Å². The molecule has 0 unspecified atom stereocenters. The lowest BCUT2D eigenvalue weighted by Gasteiger charge is -2.01. The summed E-state index contributed by atoms with van der Waals surface area (Å²) in [6.07, 6.45) is 0. The highest BCUT2D eigenvalue weighted by molar-refractivity contribution is 8.14. The van der Waals surface area contributed by atoms with Crippen LogP contribution in [0, 0.1) is 0 Å². The van der Waals surface area contributed by atoms with Gasteiger partial charge in [-0.3, -0.25) is 9.59 Å². The summed E-state index contributed by atoms with van der Waals surface area (Å²) in [7, 11) is -2.69. The number of imide groups is 1. The Morgan fingerprint density at radius 1 is 1.62 bits per heavy atom. The highest BCUT2D eigenvalue weighted by atomic mass is 32.2. The van der Waals surface area contributed by atoms with Crippen LogP contribution in [0.1, 0.15) is 0 Å². The Morgan fingerprint density at radius 2 is 2.31 bits per heavy atom. The molecule has 0 radical (unpaired) electrons. The lowest BCUT2D eigenvalue weighted by molar-refractivity contribution is -0.124. The monoisotopic (exact) mass is 222 g/mol. The zero-order chi connectivity index (χ0) is 9.84. The molecular weight excluding hydrogens is 220 g/mol. The molecule has 1 rings (SSSR count). The van der Waals surface area contributed by atoms with Crippen molar-refractivity contribution in [1.82, 2.24) is 5.01 Å². The largest absolute Gasteiger partial charge is 0.334 e. The van der Waals surface area contributed by atoms with Gasteiger partial charge in [0, 0.05) is 0 Å². The molecule has 13 heavy (non-hydrogen) atoms. The van der Waals surface area contributed by atoms with Gasteiger partial charge in [-0.1, -0.05) is 8.99 Å². The maximum Gasteiger partial charge on any atom is 0.334 e. The van der Waals surface area contributed by atoms with Gasteiger partial charge < -0.3 is 0 Å². The van der Waals surface area contributed by atoms with Gasteiger partial charge in [0.15, 0.2) is 0 Å². The van der Waals surface area contributed by atoms with E-state index in [1.165, 1.54) is 0 Å². The summed E-state index contributed by atoms with van der Waals surface area (Å²) in [6, 6.07) is 0. The lowest BCUT2D eigenvalue weighted by Crippen LogP contribution is -2.25. The van der Waals surface area contributed by atoms with Crippen molar-refractivity contribution in [1.29, 1.82) is 0 Å². The summed E-state index contributed by atoms with van der Waals surface area (Å²) in [5, 5.41) is 6.00. The maximum atomic E-state index is 10.9. The minimum atomic E-state index is -2.69. The van der Waals surface area contributed by atoms with Crippen LogP contribution in [-0.2, 0) is 15.3 Å². The van der Waals surface area contributed by atoms with Gasteiger partial charge in [-0.25, -0.2) is 0 Å². The SMILES string of the molecule is O=C1CN=NN1C(=O)SN=S(=O)=O. The lowest BCUT2D eigenvalue weighted by atomic mass is 10.6. The predicted molar refractivity (Wildman–Crippen MR) is 40.9 cm³/mol. The summed E-state index contributed by atoms with van der Waals surface area (Å²) in [4.78, 5) is 21.7. The van der Waals surface area contributed by atoms with E-state index in [2.05, 4.69) is 14.1 Å². The molecular formula is C3H2N4O4S2. The molecule has 0 fully saturated rings. The van der Waals surface area contributed by atoms with Crippen LogP contribution >= 0.6 is 11.9 Å². The number of hydrogen-bond acceptors (Lipinski definition) is 8. The molecule has 70 valence electrons. The molecule has 0 aromatic carbocycles. The molecule has 0 aliphatic carbocycles. The Bertz CT molecular complexity index is 390. The Hall–Kier alpha value is -1.29. The van der Waals surface area contributed by atoms with Gasteiger partial charge in [-0.15, -0.1) is 5.01 Å². The normalized spacial score (nSPS) is 14.8. The van der Waals surface area contributed by atoms with Crippen LogP contribution in [0.25, 0.3) is 0 Å². The van der Waals surface area contributed by atoms with Crippen LogP contribution in [0.5, 0.6) is 0 Å². The maximum absolute atomic E-state index is 10.9. The van der Waals surface area contributed by atoms with Gasteiger partial charge in [0.25, 0.3) is 5.91 Å².